The van der Waals surface area contributed by atoms with Crippen LogP contribution in [0.25, 0.3) is 0 Å². The van der Waals surface area contributed by atoms with Crippen LogP contribution < -0.4 is 15.0 Å². The molecule has 1 saturated heterocycles. The molecular weight excluding hydrogens is 342 g/mol. The molecule has 1 N–H and O–H groups in total. The average Bonchev–Trinajstić information content (AvgIpc) is 3.00. The minimum absolute atomic E-state index is 0.0418. The molecule has 3 rings (SSSR count). The molecule has 142 valence electrons. The highest BCUT2D eigenvalue weighted by atomic mass is 16.5. The van der Waals surface area contributed by atoms with Gasteiger partial charge in [-0.1, -0.05) is 18.2 Å². The number of para-hydroxylation sites is 1. The van der Waals surface area contributed by atoms with Crippen LogP contribution in [0.5, 0.6) is 5.75 Å². The zero-order valence-electron chi connectivity index (χ0n) is 16.0. The normalized spacial score (nSPS) is 13.8. The number of rotatable bonds is 6. The van der Waals surface area contributed by atoms with E-state index in [-0.39, 0.29) is 18.5 Å². The molecule has 0 aromatic heterocycles. The third-order valence-electron chi connectivity index (χ3n) is 4.63. The van der Waals surface area contributed by atoms with E-state index in [0.717, 1.165) is 28.3 Å². The van der Waals surface area contributed by atoms with Gasteiger partial charge in [-0.3, -0.25) is 9.69 Å². The van der Waals surface area contributed by atoms with Crippen LogP contribution in [-0.2, 0) is 4.79 Å². The summed E-state index contributed by atoms with van der Waals surface area (Å²) in [5, 5.41) is 2.93. The molecular formula is C21H25N3O3. The van der Waals surface area contributed by atoms with Gasteiger partial charge in [0, 0.05) is 24.5 Å². The predicted molar refractivity (Wildman–Crippen MR) is 106 cm³/mol. The first-order valence-corrected chi connectivity index (χ1v) is 9.15. The molecule has 2 aromatic carbocycles. The molecule has 3 amide bonds. The fraction of sp³-hybridized carbons (Fsp3) is 0.333. The molecule has 1 heterocycles. The van der Waals surface area contributed by atoms with Crippen LogP contribution in [0.1, 0.15) is 18.1 Å². The quantitative estimate of drug-likeness (QED) is 0.849. The summed E-state index contributed by atoms with van der Waals surface area (Å²) < 4.78 is 5.43. The largest absolute Gasteiger partial charge is 0.494 e. The minimum atomic E-state index is -0.186. The number of amides is 3. The van der Waals surface area contributed by atoms with Crippen molar-refractivity contribution in [2.24, 2.45) is 0 Å². The van der Waals surface area contributed by atoms with Crippen LogP contribution >= 0.6 is 0 Å². The second-order valence-corrected chi connectivity index (χ2v) is 6.60. The van der Waals surface area contributed by atoms with Crippen molar-refractivity contribution in [1.82, 2.24) is 4.90 Å². The summed E-state index contributed by atoms with van der Waals surface area (Å²) in [5.41, 5.74) is 3.64. The van der Waals surface area contributed by atoms with E-state index in [1.165, 1.54) is 0 Å². The highest BCUT2D eigenvalue weighted by Crippen LogP contribution is 2.24. The van der Waals surface area contributed by atoms with E-state index in [2.05, 4.69) is 5.32 Å². The summed E-state index contributed by atoms with van der Waals surface area (Å²) in [4.78, 5) is 28.4. The summed E-state index contributed by atoms with van der Waals surface area (Å²) in [5.74, 6) is 0.590. The summed E-state index contributed by atoms with van der Waals surface area (Å²) >= 11 is 0. The first-order chi connectivity index (χ1) is 13.0. The minimum Gasteiger partial charge on any atom is -0.494 e. The average molecular weight is 367 g/mol. The van der Waals surface area contributed by atoms with E-state index in [1.807, 2.05) is 63.2 Å². The lowest BCUT2D eigenvalue weighted by atomic mass is 10.1. The monoisotopic (exact) mass is 367 g/mol. The smallest absolute Gasteiger partial charge is 0.325 e. The fourth-order valence-corrected chi connectivity index (χ4v) is 3.22. The summed E-state index contributed by atoms with van der Waals surface area (Å²) in [7, 11) is 0. The van der Waals surface area contributed by atoms with Gasteiger partial charge in [-0.25, -0.2) is 4.79 Å². The fourth-order valence-electron chi connectivity index (χ4n) is 3.22. The number of anilines is 2. The van der Waals surface area contributed by atoms with Gasteiger partial charge in [0.05, 0.1) is 6.61 Å². The Morgan fingerprint density at radius 1 is 1.07 bits per heavy atom. The number of nitrogens with one attached hydrogen (secondary N) is 1. The van der Waals surface area contributed by atoms with E-state index < -0.39 is 0 Å². The Labute approximate surface area is 159 Å². The standard InChI is InChI=1S/C21H25N3O3/c1-4-27-18-10-8-17(9-11-18)24-13-12-23(21(24)26)14-19(25)22-20-15(2)6-5-7-16(20)3/h5-11H,4,12-14H2,1-3H3,(H,22,25). The predicted octanol–water partition coefficient (Wildman–Crippen LogP) is 3.58. The van der Waals surface area contributed by atoms with Crippen molar-refractivity contribution in [3.63, 3.8) is 0 Å². The maximum atomic E-state index is 12.7. The van der Waals surface area contributed by atoms with Gasteiger partial charge in [-0.05, 0) is 56.2 Å². The first-order valence-electron chi connectivity index (χ1n) is 9.15. The van der Waals surface area contributed by atoms with Crippen LogP contribution in [0.15, 0.2) is 42.5 Å². The third-order valence-corrected chi connectivity index (χ3v) is 4.63. The number of hydrogen-bond acceptors (Lipinski definition) is 3. The molecule has 0 spiro atoms. The lowest BCUT2D eigenvalue weighted by molar-refractivity contribution is -0.116. The Balaban J connectivity index is 1.62. The van der Waals surface area contributed by atoms with Crippen LogP contribution in [0.3, 0.4) is 0 Å². The molecule has 1 fully saturated rings. The molecule has 2 aromatic rings. The van der Waals surface area contributed by atoms with E-state index >= 15 is 0 Å². The Morgan fingerprint density at radius 2 is 1.74 bits per heavy atom. The first kappa shape index (κ1) is 18.8. The van der Waals surface area contributed by atoms with Gasteiger partial charge in [-0.2, -0.15) is 0 Å². The Kier molecular flexibility index (Phi) is 5.64. The molecule has 6 nitrogen and oxygen atoms in total. The molecule has 0 radical (unpaired) electrons. The van der Waals surface area contributed by atoms with Gasteiger partial charge in [0.25, 0.3) is 0 Å². The van der Waals surface area contributed by atoms with E-state index in [1.54, 1.807) is 9.80 Å². The molecule has 1 aliphatic heterocycles. The van der Waals surface area contributed by atoms with E-state index in [9.17, 15) is 9.59 Å². The van der Waals surface area contributed by atoms with Gasteiger partial charge >= 0.3 is 6.03 Å². The van der Waals surface area contributed by atoms with Crippen molar-refractivity contribution in [2.75, 3.05) is 36.5 Å². The number of carbonyl (C=O) groups excluding carboxylic acids is 2. The number of benzene rings is 2. The topological polar surface area (TPSA) is 61.9 Å². The second-order valence-electron chi connectivity index (χ2n) is 6.60. The number of nitrogens with zero attached hydrogens (tertiary/aromatic N) is 2. The lowest BCUT2D eigenvalue weighted by Gasteiger charge is -2.19. The third kappa shape index (κ3) is 4.22. The molecule has 0 unspecified atom stereocenters. The molecule has 0 aliphatic carbocycles. The van der Waals surface area contributed by atoms with Crippen molar-refractivity contribution in [3.8, 4) is 5.75 Å². The van der Waals surface area contributed by atoms with Crippen molar-refractivity contribution in [3.05, 3.63) is 53.6 Å². The maximum Gasteiger partial charge on any atom is 0.325 e. The van der Waals surface area contributed by atoms with Gasteiger partial charge in [0.15, 0.2) is 0 Å². The zero-order chi connectivity index (χ0) is 19.4. The zero-order valence-corrected chi connectivity index (χ0v) is 16.0. The summed E-state index contributed by atoms with van der Waals surface area (Å²) in [6.07, 6.45) is 0. The number of hydrogen-bond donors (Lipinski definition) is 1. The molecule has 27 heavy (non-hydrogen) atoms. The lowest BCUT2D eigenvalue weighted by Crippen LogP contribution is -2.37. The molecule has 0 saturated carbocycles. The van der Waals surface area contributed by atoms with Crippen LogP contribution in [0, 0.1) is 13.8 Å². The highest BCUT2D eigenvalue weighted by Gasteiger charge is 2.30. The van der Waals surface area contributed by atoms with Crippen molar-refractivity contribution < 1.29 is 14.3 Å². The molecule has 6 heteroatoms. The van der Waals surface area contributed by atoms with Gasteiger partial charge in [0.2, 0.25) is 5.91 Å². The molecule has 0 bridgehead atoms. The maximum absolute atomic E-state index is 12.7. The Hall–Kier alpha value is -3.02. The number of carbonyl (C=O) groups is 2. The Bertz CT molecular complexity index is 813. The second kappa shape index (κ2) is 8.12. The van der Waals surface area contributed by atoms with Gasteiger partial charge in [-0.15, -0.1) is 0 Å². The van der Waals surface area contributed by atoms with Gasteiger partial charge < -0.3 is 15.0 Å². The Morgan fingerprint density at radius 3 is 2.37 bits per heavy atom. The van der Waals surface area contributed by atoms with Crippen molar-refractivity contribution in [2.45, 2.75) is 20.8 Å². The number of ether oxygens (including phenoxy) is 1. The van der Waals surface area contributed by atoms with Crippen LogP contribution in [0.4, 0.5) is 16.2 Å². The summed E-state index contributed by atoms with van der Waals surface area (Å²) in [6, 6.07) is 13.1. The van der Waals surface area contributed by atoms with Crippen molar-refractivity contribution >= 4 is 23.3 Å². The molecule has 0 atom stereocenters. The van der Waals surface area contributed by atoms with Crippen LogP contribution in [-0.4, -0.2) is 43.1 Å². The SMILES string of the molecule is CCOc1ccc(N2CCN(CC(=O)Nc3c(C)cccc3C)C2=O)cc1. The highest BCUT2D eigenvalue weighted by molar-refractivity contribution is 5.99. The molecule has 1 aliphatic rings. The van der Waals surface area contributed by atoms with Crippen molar-refractivity contribution in [1.29, 1.82) is 0 Å². The van der Waals surface area contributed by atoms with E-state index in [4.69, 9.17) is 4.74 Å². The van der Waals surface area contributed by atoms with Gasteiger partial charge in [0.1, 0.15) is 12.3 Å². The number of urea groups is 1. The number of aryl methyl sites for hydroxylation is 2. The van der Waals surface area contributed by atoms with E-state index in [0.29, 0.717) is 19.7 Å². The summed E-state index contributed by atoms with van der Waals surface area (Å²) in [6.45, 7) is 7.56. The van der Waals surface area contributed by atoms with Crippen LogP contribution in [0.2, 0.25) is 0 Å².